The Morgan fingerprint density at radius 3 is 2.71 bits per heavy atom. The molecule has 0 aromatic heterocycles. The van der Waals surface area contributed by atoms with Gasteiger partial charge in [-0.3, -0.25) is 0 Å². The quantitative estimate of drug-likeness (QED) is 0.861. The summed E-state index contributed by atoms with van der Waals surface area (Å²) in [6, 6.07) is 15.6. The van der Waals surface area contributed by atoms with E-state index < -0.39 is 0 Å². The Morgan fingerprint density at radius 2 is 2.00 bits per heavy atom. The van der Waals surface area contributed by atoms with Crippen molar-refractivity contribution in [3.8, 4) is 5.75 Å². The molecule has 0 amide bonds. The highest BCUT2D eigenvalue weighted by Crippen LogP contribution is 2.31. The van der Waals surface area contributed by atoms with Crippen LogP contribution in [0.1, 0.15) is 29.7 Å². The zero-order valence-corrected chi connectivity index (χ0v) is 13.4. The molecule has 0 saturated carbocycles. The van der Waals surface area contributed by atoms with Crippen LogP contribution in [0.5, 0.6) is 5.75 Å². The number of nitrogens with one attached hydrogen (secondary N) is 1. The van der Waals surface area contributed by atoms with Crippen LogP contribution in [-0.4, -0.2) is 19.4 Å². The van der Waals surface area contributed by atoms with Crippen LogP contribution in [0.15, 0.2) is 47.4 Å². The van der Waals surface area contributed by atoms with Crippen molar-refractivity contribution in [3.05, 3.63) is 59.2 Å². The lowest BCUT2D eigenvalue weighted by atomic mass is 9.90. The summed E-state index contributed by atoms with van der Waals surface area (Å²) >= 11 is 1.78. The lowest BCUT2D eigenvalue weighted by Crippen LogP contribution is -2.30. The zero-order valence-electron chi connectivity index (χ0n) is 12.6. The average molecular weight is 299 g/mol. The molecule has 0 fully saturated rings. The van der Waals surface area contributed by atoms with Crippen molar-refractivity contribution < 1.29 is 4.74 Å². The van der Waals surface area contributed by atoms with Crippen LogP contribution in [0.2, 0.25) is 0 Å². The van der Waals surface area contributed by atoms with E-state index in [1.54, 1.807) is 11.8 Å². The summed E-state index contributed by atoms with van der Waals surface area (Å²) in [5.41, 5.74) is 4.11. The van der Waals surface area contributed by atoms with E-state index >= 15 is 0 Å². The molecule has 0 saturated heterocycles. The SMILES string of the molecule is CCOc1ccc2c(c1)CCNC2c1ccc(SC)cc1. The van der Waals surface area contributed by atoms with E-state index in [1.165, 1.54) is 21.6 Å². The fourth-order valence-electron chi connectivity index (χ4n) is 2.89. The monoisotopic (exact) mass is 299 g/mol. The van der Waals surface area contributed by atoms with E-state index in [4.69, 9.17) is 4.74 Å². The van der Waals surface area contributed by atoms with Crippen molar-refractivity contribution >= 4 is 11.8 Å². The molecule has 2 nitrogen and oxygen atoms in total. The van der Waals surface area contributed by atoms with Crippen molar-refractivity contribution in [1.82, 2.24) is 5.32 Å². The molecule has 0 radical (unpaired) electrons. The van der Waals surface area contributed by atoms with E-state index in [1.807, 2.05) is 6.92 Å². The van der Waals surface area contributed by atoms with Gasteiger partial charge < -0.3 is 10.1 Å². The summed E-state index contributed by atoms with van der Waals surface area (Å²) in [5.74, 6) is 0.981. The first-order valence-corrected chi connectivity index (χ1v) is 8.67. The number of fused-ring (bicyclic) bond motifs is 1. The minimum absolute atomic E-state index is 0.292. The number of hydrogen-bond donors (Lipinski definition) is 1. The second-order valence-corrected chi connectivity index (χ2v) is 6.08. The average Bonchev–Trinajstić information content (AvgIpc) is 2.54. The molecule has 1 N–H and O–H groups in total. The van der Waals surface area contributed by atoms with Crippen molar-refractivity contribution in [2.75, 3.05) is 19.4 Å². The predicted molar refractivity (Wildman–Crippen MR) is 89.4 cm³/mol. The Hall–Kier alpha value is -1.45. The molecular formula is C18H21NOS. The van der Waals surface area contributed by atoms with Gasteiger partial charge in [0.1, 0.15) is 5.75 Å². The van der Waals surface area contributed by atoms with E-state index in [0.29, 0.717) is 6.04 Å². The summed E-state index contributed by atoms with van der Waals surface area (Å²) in [6.07, 6.45) is 3.17. The van der Waals surface area contributed by atoms with Gasteiger partial charge >= 0.3 is 0 Å². The van der Waals surface area contributed by atoms with Gasteiger partial charge in [-0.15, -0.1) is 11.8 Å². The van der Waals surface area contributed by atoms with Crippen molar-refractivity contribution in [2.45, 2.75) is 24.3 Å². The molecule has 0 spiro atoms. The van der Waals surface area contributed by atoms with Crippen LogP contribution in [0.4, 0.5) is 0 Å². The first-order valence-electron chi connectivity index (χ1n) is 7.44. The molecule has 21 heavy (non-hydrogen) atoms. The largest absolute Gasteiger partial charge is 0.494 e. The van der Waals surface area contributed by atoms with Crippen LogP contribution < -0.4 is 10.1 Å². The molecule has 1 aliphatic heterocycles. The third-order valence-electron chi connectivity index (χ3n) is 3.93. The summed E-state index contributed by atoms with van der Waals surface area (Å²) in [4.78, 5) is 1.31. The number of hydrogen-bond acceptors (Lipinski definition) is 3. The van der Waals surface area contributed by atoms with Crippen LogP contribution >= 0.6 is 11.8 Å². The van der Waals surface area contributed by atoms with E-state index in [9.17, 15) is 0 Å². The molecule has 1 heterocycles. The minimum Gasteiger partial charge on any atom is -0.494 e. The number of ether oxygens (including phenoxy) is 1. The van der Waals surface area contributed by atoms with Crippen molar-refractivity contribution in [2.24, 2.45) is 0 Å². The fourth-order valence-corrected chi connectivity index (χ4v) is 3.30. The van der Waals surface area contributed by atoms with Gasteiger partial charge in [-0.05, 0) is 60.6 Å². The molecule has 1 aliphatic rings. The topological polar surface area (TPSA) is 21.3 Å². The van der Waals surface area contributed by atoms with E-state index in [0.717, 1.165) is 25.3 Å². The lowest BCUT2D eigenvalue weighted by Gasteiger charge is -2.28. The smallest absolute Gasteiger partial charge is 0.119 e. The van der Waals surface area contributed by atoms with Crippen LogP contribution in [-0.2, 0) is 6.42 Å². The van der Waals surface area contributed by atoms with Gasteiger partial charge in [0.05, 0.1) is 12.6 Å². The number of rotatable bonds is 4. The summed E-state index contributed by atoms with van der Waals surface area (Å²) in [7, 11) is 0. The zero-order chi connectivity index (χ0) is 14.7. The van der Waals surface area contributed by atoms with Crippen molar-refractivity contribution in [1.29, 1.82) is 0 Å². The van der Waals surface area contributed by atoms with E-state index in [-0.39, 0.29) is 0 Å². The molecule has 3 rings (SSSR count). The molecule has 2 aromatic carbocycles. The predicted octanol–water partition coefficient (Wildman–Crippen LogP) is 4.04. The maximum absolute atomic E-state index is 5.62. The van der Waals surface area contributed by atoms with Gasteiger partial charge in [0.15, 0.2) is 0 Å². The third-order valence-corrected chi connectivity index (χ3v) is 4.67. The normalized spacial score (nSPS) is 17.3. The number of thioether (sulfide) groups is 1. The molecule has 0 aliphatic carbocycles. The Balaban J connectivity index is 1.92. The van der Waals surface area contributed by atoms with Crippen LogP contribution in [0, 0.1) is 0 Å². The highest BCUT2D eigenvalue weighted by molar-refractivity contribution is 7.98. The maximum Gasteiger partial charge on any atom is 0.119 e. The Bertz CT molecular complexity index is 609. The maximum atomic E-state index is 5.62. The molecular weight excluding hydrogens is 278 g/mol. The Labute approximate surface area is 130 Å². The summed E-state index contributed by atoms with van der Waals surface area (Å²) in [6.45, 7) is 3.76. The highest BCUT2D eigenvalue weighted by Gasteiger charge is 2.21. The number of benzene rings is 2. The Morgan fingerprint density at radius 1 is 1.19 bits per heavy atom. The van der Waals surface area contributed by atoms with Gasteiger partial charge in [-0.25, -0.2) is 0 Å². The van der Waals surface area contributed by atoms with Crippen LogP contribution in [0.3, 0.4) is 0 Å². The highest BCUT2D eigenvalue weighted by atomic mass is 32.2. The molecule has 3 heteroatoms. The van der Waals surface area contributed by atoms with Crippen molar-refractivity contribution in [3.63, 3.8) is 0 Å². The second-order valence-electron chi connectivity index (χ2n) is 5.20. The van der Waals surface area contributed by atoms with Gasteiger partial charge in [-0.2, -0.15) is 0 Å². The van der Waals surface area contributed by atoms with Crippen LogP contribution in [0.25, 0.3) is 0 Å². The molecule has 2 aromatic rings. The minimum atomic E-state index is 0.292. The second kappa shape index (κ2) is 6.54. The standard InChI is InChI=1S/C18H21NOS/c1-3-20-15-6-9-17-14(12-15)10-11-19-18(17)13-4-7-16(21-2)8-5-13/h4-9,12,18-19H,3,10-11H2,1-2H3. The lowest BCUT2D eigenvalue weighted by molar-refractivity contribution is 0.339. The molecule has 110 valence electrons. The van der Waals surface area contributed by atoms with E-state index in [2.05, 4.69) is 54.0 Å². The molecule has 1 unspecified atom stereocenters. The summed E-state index contributed by atoms with van der Waals surface area (Å²) < 4.78 is 5.62. The third kappa shape index (κ3) is 3.09. The Kier molecular flexibility index (Phi) is 4.51. The summed E-state index contributed by atoms with van der Waals surface area (Å²) in [5, 5.41) is 3.63. The fraction of sp³-hybridized carbons (Fsp3) is 0.333. The van der Waals surface area contributed by atoms with Gasteiger partial charge in [0.2, 0.25) is 0 Å². The van der Waals surface area contributed by atoms with Gasteiger partial charge in [0, 0.05) is 11.4 Å². The first-order chi connectivity index (χ1) is 10.3. The van der Waals surface area contributed by atoms with Gasteiger partial charge in [-0.1, -0.05) is 18.2 Å². The van der Waals surface area contributed by atoms with Gasteiger partial charge in [0.25, 0.3) is 0 Å². The molecule has 1 atom stereocenters. The first kappa shape index (κ1) is 14.5. The molecule has 0 bridgehead atoms.